The molecule has 1 amide bonds. The highest BCUT2D eigenvalue weighted by Crippen LogP contribution is 2.30. The first-order valence-electron chi connectivity index (χ1n) is 7.55. The molecule has 0 aromatic heterocycles. The van der Waals surface area contributed by atoms with Gasteiger partial charge in [-0.05, 0) is 31.0 Å². The van der Waals surface area contributed by atoms with Crippen LogP contribution in [0.25, 0.3) is 0 Å². The molecule has 0 saturated heterocycles. The van der Waals surface area contributed by atoms with E-state index in [4.69, 9.17) is 15.2 Å². The SMILES string of the molecule is CCOc1cc(NC(=O)[C@@H](N)Cc2ccccc2)ccc1OC.Cl. The Morgan fingerprint density at radius 3 is 2.50 bits per heavy atom. The van der Waals surface area contributed by atoms with Crippen LogP contribution in [0.4, 0.5) is 5.69 Å². The third-order valence-electron chi connectivity index (χ3n) is 3.37. The number of rotatable bonds is 7. The van der Waals surface area contributed by atoms with Crippen LogP contribution in [0.3, 0.4) is 0 Å². The van der Waals surface area contributed by atoms with Gasteiger partial charge in [0.1, 0.15) is 0 Å². The van der Waals surface area contributed by atoms with Crippen LogP contribution in [0, 0.1) is 0 Å². The fourth-order valence-electron chi connectivity index (χ4n) is 2.22. The number of hydrogen-bond donors (Lipinski definition) is 2. The fraction of sp³-hybridized carbons (Fsp3) is 0.278. The van der Waals surface area contributed by atoms with Gasteiger partial charge in [0, 0.05) is 11.8 Å². The van der Waals surface area contributed by atoms with Crippen LogP contribution in [0.5, 0.6) is 11.5 Å². The van der Waals surface area contributed by atoms with Crippen molar-refractivity contribution in [2.75, 3.05) is 19.0 Å². The molecule has 5 nitrogen and oxygen atoms in total. The van der Waals surface area contributed by atoms with Gasteiger partial charge in [0.15, 0.2) is 11.5 Å². The van der Waals surface area contributed by atoms with E-state index in [9.17, 15) is 4.79 Å². The number of methoxy groups -OCH3 is 1. The molecule has 0 saturated carbocycles. The molecule has 3 N–H and O–H groups in total. The van der Waals surface area contributed by atoms with Gasteiger partial charge in [0.25, 0.3) is 0 Å². The molecule has 0 aliphatic carbocycles. The predicted molar refractivity (Wildman–Crippen MR) is 98.2 cm³/mol. The van der Waals surface area contributed by atoms with Gasteiger partial charge in [-0.25, -0.2) is 0 Å². The van der Waals surface area contributed by atoms with Crippen LogP contribution in [-0.4, -0.2) is 25.7 Å². The van der Waals surface area contributed by atoms with Crippen molar-refractivity contribution in [1.82, 2.24) is 0 Å². The lowest BCUT2D eigenvalue weighted by Crippen LogP contribution is -2.37. The molecule has 0 aliphatic rings. The van der Waals surface area contributed by atoms with E-state index in [1.807, 2.05) is 37.3 Å². The van der Waals surface area contributed by atoms with E-state index in [1.165, 1.54) is 0 Å². The van der Waals surface area contributed by atoms with Crippen LogP contribution >= 0.6 is 12.4 Å². The lowest BCUT2D eigenvalue weighted by Gasteiger charge is -2.14. The Morgan fingerprint density at radius 2 is 1.88 bits per heavy atom. The van der Waals surface area contributed by atoms with Crippen LogP contribution in [0.2, 0.25) is 0 Å². The third-order valence-corrected chi connectivity index (χ3v) is 3.37. The molecule has 0 fully saturated rings. The number of hydrogen-bond acceptors (Lipinski definition) is 4. The number of anilines is 1. The molecular formula is C18H23ClN2O3. The quantitative estimate of drug-likeness (QED) is 0.805. The first-order chi connectivity index (χ1) is 11.1. The molecule has 2 aromatic rings. The number of carbonyl (C=O) groups excluding carboxylic acids is 1. The molecular weight excluding hydrogens is 328 g/mol. The summed E-state index contributed by atoms with van der Waals surface area (Å²) < 4.78 is 10.7. The van der Waals surface area contributed by atoms with Crippen molar-refractivity contribution in [2.45, 2.75) is 19.4 Å². The van der Waals surface area contributed by atoms with Gasteiger partial charge < -0.3 is 20.5 Å². The van der Waals surface area contributed by atoms with Gasteiger partial charge >= 0.3 is 0 Å². The van der Waals surface area contributed by atoms with Crippen molar-refractivity contribution in [2.24, 2.45) is 5.73 Å². The second kappa shape index (κ2) is 9.80. The van der Waals surface area contributed by atoms with Crippen molar-refractivity contribution in [3.05, 3.63) is 54.1 Å². The highest BCUT2D eigenvalue weighted by Gasteiger charge is 2.15. The van der Waals surface area contributed by atoms with E-state index in [0.29, 0.717) is 30.2 Å². The first-order valence-corrected chi connectivity index (χ1v) is 7.55. The minimum atomic E-state index is -0.616. The van der Waals surface area contributed by atoms with Crippen molar-refractivity contribution >= 4 is 24.0 Å². The molecule has 130 valence electrons. The van der Waals surface area contributed by atoms with Gasteiger partial charge in [-0.15, -0.1) is 12.4 Å². The van der Waals surface area contributed by atoms with Gasteiger partial charge in [-0.2, -0.15) is 0 Å². The summed E-state index contributed by atoms with van der Waals surface area (Å²) in [5.41, 5.74) is 7.64. The van der Waals surface area contributed by atoms with E-state index in [-0.39, 0.29) is 18.3 Å². The molecule has 0 aliphatic heterocycles. The van der Waals surface area contributed by atoms with E-state index >= 15 is 0 Å². The number of nitrogens with two attached hydrogens (primary N) is 1. The van der Waals surface area contributed by atoms with E-state index in [0.717, 1.165) is 5.56 Å². The summed E-state index contributed by atoms with van der Waals surface area (Å²) in [6, 6.07) is 14.3. The Balaban J connectivity index is 0.00000288. The summed E-state index contributed by atoms with van der Waals surface area (Å²) in [5, 5.41) is 2.81. The van der Waals surface area contributed by atoms with Crippen molar-refractivity contribution in [3.8, 4) is 11.5 Å². The lowest BCUT2D eigenvalue weighted by atomic mass is 10.1. The summed E-state index contributed by atoms with van der Waals surface area (Å²) in [5.74, 6) is 0.976. The van der Waals surface area contributed by atoms with Crippen molar-refractivity contribution < 1.29 is 14.3 Å². The van der Waals surface area contributed by atoms with E-state index in [1.54, 1.807) is 25.3 Å². The van der Waals surface area contributed by atoms with Crippen molar-refractivity contribution in [3.63, 3.8) is 0 Å². The molecule has 1 atom stereocenters. The van der Waals surface area contributed by atoms with Crippen LogP contribution in [-0.2, 0) is 11.2 Å². The molecule has 24 heavy (non-hydrogen) atoms. The summed E-state index contributed by atoms with van der Waals surface area (Å²) in [7, 11) is 1.58. The maximum Gasteiger partial charge on any atom is 0.241 e. The maximum absolute atomic E-state index is 12.2. The topological polar surface area (TPSA) is 73.6 Å². The average Bonchev–Trinajstić information content (AvgIpc) is 2.56. The van der Waals surface area contributed by atoms with E-state index in [2.05, 4.69) is 5.32 Å². The molecule has 0 unspecified atom stereocenters. The summed E-state index contributed by atoms with van der Waals surface area (Å²) in [6.07, 6.45) is 0.487. The minimum Gasteiger partial charge on any atom is -0.493 e. The highest BCUT2D eigenvalue weighted by molar-refractivity contribution is 5.95. The second-order valence-corrected chi connectivity index (χ2v) is 5.08. The molecule has 0 heterocycles. The number of carbonyl (C=O) groups is 1. The molecule has 0 bridgehead atoms. The number of nitrogens with one attached hydrogen (secondary N) is 1. The lowest BCUT2D eigenvalue weighted by molar-refractivity contribution is -0.117. The number of amides is 1. The fourth-order valence-corrected chi connectivity index (χ4v) is 2.22. The van der Waals surface area contributed by atoms with Gasteiger partial charge in [-0.1, -0.05) is 30.3 Å². The first kappa shape index (κ1) is 19.8. The molecule has 2 aromatic carbocycles. The predicted octanol–water partition coefficient (Wildman–Crippen LogP) is 3.02. The number of benzene rings is 2. The van der Waals surface area contributed by atoms with Crippen molar-refractivity contribution in [1.29, 1.82) is 0 Å². The summed E-state index contributed by atoms with van der Waals surface area (Å²) in [4.78, 5) is 12.2. The van der Waals surface area contributed by atoms with Crippen LogP contribution in [0.15, 0.2) is 48.5 Å². The smallest absolute Gasteiger partial charge is 0.241 e. The average molecular weight is 351 g/mol. The summed E-state index contributed by atoms with van der Waals surface area (Å²) in [6.45, 7) is 2.40. The largest absolute Gasteiger partial charge is 0.493 e. The number of ether oxygens (including phenoxy) is 2. The summed E-state index contributed by atoms with van der Waals surface area (Å²) >= 11 is 0. The van der Waals surface area contributed by atoms with Gasteiger partial charge in [-0.3, -0.25) is 4.79 Å². The van der Waals surface area contributed by atoms with Gasteiger partial charge in [0.2, 0.25) is 5.91 Å². The molecule has 0 spiro atoms. The molecule has 0 radical (unpaired) electrons. The Labute approximate surface area is 148 Å². The Hall–Kier alpha value is -2.24. The normalized spacial score (nSPS) is 11.1. The second-order valence-electron chi connectivity index (χ2n) is 5.08. The minimum absolute atomic E-state index is 0. The van der Waals surface area contributed by atoms with E-state index < -0.39 is 6.04 Å². The molecule has 6 heteroatoms. The maximum atomic E-state index is 12.2. The zero-order valence-corrected chi connectivity index (χ0v) is 14.6. The van der Waals surface area contributed by atoms with Gasteiger partial charge in [0.05, 0.1) is 19.8 Å². The zero-order chi connectivity index (χ0) is 16.7. The zero-order valence-electron chi connectivity index (χ0n) is 13.8. The third kappa shape index (κ3) is 5.44. The van der Waals surface area contributed by atoms with Crippen LogP contribution < -0.4 is 20.5 Å². The monoisotopic (exact) mass is 350 g/mol. The highest BCUT2D eigenvalue weighted by atomic mass is 35.5. The standard InChI is InChI=1S/C18H22N2O3.ClH/c1-3-23-17-12-14(9-10-16(17)22-2)20-18(21)15(19)11-13-7-5-4-6-8-13;/h4-10,12,15H,3,11,19H2,1-2H3,(H,20,21);1H/t15-;/m0./s1. The Bertz CT molecular complexity index is 650. The molecule has 2 rings (SSSR count). The van der Waals surface area contributed by atoms with Crippen LogP contribution in [0.1, 0.15) is 12.5 Å². The Kier molecular flexibility index (Phi) is 8.09. The Morgan fingerprint density at radius 1 is 1.17 bits per heavy atom. The number of halogens is 1.